The molecule has 0 aromatic rings. The lowest BCUT2D eigenvalue weighted by atomic mass is 10.0. The Labute approximate surface area is 63.5 Å². The maximum atomic E-state index is 3.23. The normalized spacial score (nSPS) is 17.3. The summed E-state index contributed by atoms with van der Waals surface area (Å²) >= 11 is 0. The first-order chi connectivity index (χ1) is 4.79. The molecule has 0 saturated carbocycles. The van der Waals surface area contributed by atoms with Gasteiger partial charge < -0.3 is 5.32 Å². The van der Waals surface area contributed by atoms with Crippen LogP contribution in [0.15, 0.2) is 11.6 Å². The Morgan fingerprint density at radius 2 is 2.20 bits per heavy atom. The van der Waals surface area contributed by atoms with E-state index in [0.717, 1.165) is 19.0 Å². The minimum Gasteiger partial charge on any atom is -0.309 e. The molecule has 58 valence electrons. The van der Waals surface area contributed by atoms with Crippen LogP contribution in [0.5, 0.6) is 0 Å². The van der Waals surface area contributed by atoms with Crippen LogP contribution in [-0.2, 0) is 0 Å². The SMILES string of the molecule is CC(C)CCC=C1CNC1. The van der Waals surface area contributed by atoms with Crippen molar-refractivity contribution in [3.8, 4) is 0 Å². The van der Waals surface area contributed by atoms with Crippen molar-refractivity contribution in [2.75, 3.05) is 13.1 Å². The van der Waals surface area contributed by atoms with Crippen molar-refractivity contribution in [2.45, 2.75) is 26.7 Å². The number of hydrogen-bond acceptors (Lipinski definition) is 1. The average Bonchev–Trinajstić information content (AvgIpc) is 1.75. The van der Waals surface area contributed by atoms with Crippen LogP contribution in [0.3, 0.4) is 0 Å². The van der Waals surface area contributed by atoms with Crippen molar-refractivity contribution in [1.29, 1.82) is 0 Å². The molecule has 10 heavy (non-hydrogen) atoms. The molecule has 0 aromatic heterocycles. The fourth-order valence-corrected chi connectivity index (χ4v) is 1.03. The average molecular weight is 139 g/mol. The topological polar surface area (TPSA) is 12.0 Å². The zero-order valence-electron chi connectivity index (χ0n) is 6.98. The van der Waals surface area contributed by atoms with Crippen LogP contribution in [0, 0.1) is 5.92 Å². The summed E-state index contributed by atoms with van der Waals surface area (Å²) in [6, 6.07) is 0. The third kappa shape index (κ3) is 2.53. The largest absolute Gasteiger partial charge is 0.309 e. The molecule has 1 saturated heterocycles. The van der Waals surface area contributed by atoms with Crippen LogP contribution in [-0.4, -0.2) is 13.1 Å². The Morgan fingerprint density at radius 1 is 1.50 bits per heavy atom. The number of nitrogens with one attached hydrogen (secondary N) is 1. The molecule has 0 aromatic carbocycles. The van der Waals surface area contributed by atoms with E-state index < -0.39 is 0 Å². The highest BCUT2D eigenvalue weighted by molar-refractivity contribution is 5.13. The van der Waals surface area contributed by atoms with Gasteiger partial charge in [-0.2, -0.15) is 0 Å². The van der Waals surface area contributed by atoms with Crippen molar-refractivity contribution >= 4 is 0 Å². The second-order valence-corrected chi connectivity index (χ2v) is 3.44. The molecule has 0 atom stereocenters. The Morgan fingerprint density at radius 3 is 2.60 bits per heavy atom. The van der Waals surface area contributed by atoms with Crippen molar-refractivity contribution in [3.05, 3.63) is 11.6 Å². The van der Waals surface area contributed by atoms with E-state index in [2.05, 4.69) is 25.2 Å². The molecule has 1 N–H and O–H groups in total. The Balaban J connectivity index is 2.03. The fraction of sp³-hybridized carbons (Fsp3) is 0.778. The minimum absolute atomic E-state index is 0.852. The van der Waals surface area contributed by atoms with Gasteiger partial charge in [0.05, 0.1) is 0 Å². The maximum Gasteiger partial charge on any atom is 0.0180 e. The quantitative estimate of drug-likeness (QED) is 0.589. The van der Waals surface area contributed by atoms with Gasteiger partial charge in [0.1, 0.15) is 0 Å². The first-order valence-electron chi connectivity index (χ1n) is 4.17. The van der Waals surface area contributed by atoms with Gasteiger partial charge >= 0.3 is 0 Å². The zero-order valence-corrected chi connectivity index (χ0v) is 6.98. The van der Waals surface area contributed by atoms with E-state index in [1.165, 1.54) is 12.8 Å². The molecule has 0 unspecified atom stereocenters. The van der Waals surface area contributed by atoms with Gasteiger partial charge in [-0.25, -0.2) is 0 Å². The highest BCUT2D eigenvalue weighted by Gasteiger charge is 2.04. The Hall–Kier alpha value is -0.300. The summed E-state index contributed by atoms with van der Waals surface area (Å²) in [5, 5.41) is 3.23. The van der Waals surface area contributed by atoms with Crippen molar-refractivity contribution in [1.82, 2.24) is 5.32 Å². The summed E-state index contributed by atoms with van der Waals surface area (Å²) in [5.74, 6) is 0.852. The summed E-state index contributed by atoms with van der Waals surface area (Å²) in [5.41, 5.74) is 1.60. The highest BCUT2D eigenvalue weighted by Crippen LogP contribution is 2.08. The number of hydrogen-bond donors (Lipinski definition) is 1. The predicted octanol–water partition coefficient (Wildman–Crippen LogP) is 1.95. The fourth-order valence-electron chi connectivity index (χ4n) is 1.03. The maximum absolute atomic E-state index is 3.23. The van der Waals surface area contributed by atoms with E-state index >= 15 is 0 Å². The molecule has 1 nitrogen and oxygen atoms in total. The minimum atomic E-state index is 0.852. The Bertz CT molecular complexity index is 119. The van der Waals surface area contributed by atoms with Gasteiger partial charge in [-0.05, 0) is 24.3 Å². The molecule has 0 bridgehead atoms. The highest BCUT2D eigenvalue weighted by atomic mass is 14.9. The zero-order chi connectivity index (χ0) is 7.40. The van der Waals surface area contributed by atoms with E-state index in [9.17, 15) is 0 Å². The molecule has 0 spiro atoms. The molecule has 1 heteroatoms. The lowest BCUT2D eigenvalue weighted by molar-refractivity contribution is 0.585. The molecule has 1 aliphatic rings. The van der Waals surface area contributed by atoms with E-state index in [1.807, 2.05) is 0 Å². The molecular weight excluding hydrogens is 122 g/mol. The summed E-state index contributed by atoms with van der Waals surface area (Å²) in [6.07, 6.45) is 4.99. The summed E-state index contributed by atoms with van der Waals surface area (Å²) < 4.78 is 0. The van der Waals surface area contributed by atoms with E-state index in [4.69, 9.17) is 0 Å². The van der Waals surface area contributed by atoms with Crippen LogP contribution in [0.25, 0.3) is 0 Å². The van der Waals surface area contributed by atoms with Crippen LogP contribution in [0.2, 0.25) is 0 Å². The van der Waals surface area contributed by atoms with Gasteiger partial charge in [-0.1, -0.05) is 19.9 Å². The van der Waals surface area contributed by atoms with Gasteiger partial charge in [0.25, 0.3) is 0 Å². The predicted molar refractivity (Wildman–Crippen MR) is 45.0 cm³/mol. The summed E-state index contributed by atoms with van der Waals surface area (Å²) in [6.45, 7) is 6.82. The Kier molecular flexibility index (Phi) is 2.94. The van der Waals surface area contributed by atoms with E-state index in [-0.39, 0.29) is 0 Å². The first-order valence-corrected chi connectivity index (χ1v) is 4.17. The molecule has 0 radical (unpaired) electrons. The molecule has 1 aliphatic heterocycles. The monoisotopic (exact) mass is 139 g/mol. The standard InChI is InChI=1S/C9H17N/c1-8(2)4-3-5-9-6-10-7-9/h5,8,10H,3-4,6-7H2,1-2H3. The van der Waals surface area contributed by atoms with Gasteiger partial charge in [0, 0.05) is 13.1 Å². The third-order valence-corrected chi connectivity index (χ3v) is 1.88. The van der Waals surface area contributed by atoms with Gasteiger partial charge in [-0.15, -0.1) is 0 Å². The molecule has 1 rings (SSSR count). The molecule has 0 amide bonds. The van der Waals surface area contributed by atoms with Crippen LogP contribution in [0.1, 0.15) is 26.7 Å². The van der Waals surface area contributed by atoms with E-state index in [0.29, 0.717) is 0 Å². The molecule has 1 heterocycles. The van der Waals surface area contributed by atoms with Gasteiger partial charge in [0.15, 0.2) is 0 Å². The second-order valence-electron chi connectivity index (χ2n) is 3.44. The first kappa shape index (κ1) is 7.80. The third-order valence-electron chi connectivity index (χ3n) is 1.88. The van der Waals surface area contributed by atoms with E-state index in [1.54, 1.807) is 5.57 Å². The number of allylic oxidation sites excluding steroid dienone is 1. The van der Waals surface area contributed by atoms with Gasteiger partial charge in [-0.3, -0.25) is 0 Å². The lowest BCUT2D eigenvalue weighted by Crippen LogP contribution is -2.33. The van der Waals surface area contributed by atoms with Crippen molar-refractivity contribution in [3.63, 3.8) is 0 Å². The molecule has 1 fully saturated rings. The van der Waals surface area contributed by atoms with Crippen molar-refractivity contribution in [2.24, 2.45) is 5.92 Å². The summed E-state index contributed by atoms with van der Waals surface area (Å²) in [7, 11) is 0. The second kappa shape index (κ2) is 3.77. The van der Waals surface area contributed by atoms with Crippen LogP contribution >= 0.6 is 0 Å². The summed E-state index contributed by atoms with van der Waals surface area (Å²) in [4.78, 5) is 0. The molecular formula is C9H17N. The lowest BCUT2D eigenvalue weighted by Gasteiger charge is -2.18. The smallest absolute Gasteiger partial charge is 0.0180 e. The van der Waals surface area contributed by atoms with Crippen molar-refractivity contribution < 1.29 is 0 Å². The number of rotatable bonds is 3. The van der Waals surface area contributed by atoms with Crippen LogP contribution in [0.4, 0.5) is 0 Å². The van der Waals surface area contributed by atoms with Gasteiger partial charge in [0.2, 0.25) is 0 Å². The molecule has 0 aliphatic carbocycles. The van der Waals surface area contributed by atoms with Crippen LogP contribution < -0.4 is 5.32 Å².